The maximum Gasteiger partial charge on any atom is 0.419 e. The first-order valence-electron chi connectivity index (χ1n) is 9.07. The zero-order chi connectivity index (χ0) is 20.1. The summed E-state index contributed by atoms with van der Waals surface area (Å²) < 4.78 is 34.5. The Bertz CT molecular complexity index is 1150. The number of nitrogens with one attached hydrogen (secondary N) is 1. The van der Waals surface area contributed by atoms with E-state index in [-0.39, 0.29) is 28.0 Å². The molecule has 2 aliphatic heterocycles. The molecule has 3 heterocycles. The number of halogens is 1. The molecule has 0 unspecified atom stereocenters. The summed E-state index contributed by atoms with van der Waals surface area (Å²) in [6.45, 7) is 2.55. The molecule has 150 valence electrons. The molecule has 1 atom stereocenters. The van der Waals surface area contributed by atoms with Crippen molar-refractivity contribution in [2.24, 2.45) is 5.41 Å². The third-order valence-corrected chi connectivity index (χ3v) is 7.83. The lowest BCUT2D eigenvalue weighted by Gasteiger charge is -2.41. The topological polar surface area (TPSA) is 102 Å². The van der Waals surface area contributed by atoms with E-state index in [1.54, 1.807) is 13.1 Å². The Hall–Kier alpha value is -2.10. The standard InChI is InChI=1S/C18H20ClN3O5S/c1-2-22-13-9-12(19)15(10-14(13)27-17(22)24)28(25,26)21-8-4-6-18(11-21)5-3-7-20-16(18)23/h3,7,9-10H,2,4-6,8,11H2,1H3,(H,20,23)/t18-/m0/s1. The number of benzene rings is 1. The second-order valence-corrected chi connectivity index (χ2v) is 9.48. The van der Waals surface area contributed by atoms with E-state index in [4.69, 9.17) is 16.0 Å². The van der Waals surface area contributed by atoms with Gasteiger partial charge in [-0.2, -0.15) is 4.31 Å². The normalized spacial score (nSPS) is 23.4. The van der Waals surface area contributed by atoms with Gasteiger partial charge in [0, 0.05) is 25.7 Å². The van der Waals surface area contributed by atoms with E-state index in [1.807, 2.05) is 6.08 Å². The van der Waals surface area contributed by atoms with Gasteiger partial charge in [-0.05, 0) is 38.5 Å². The van der Waals surface area contributed by atoms with Gasteiger partial charge in [-0.25, -0.2) is 13.2 Å². The first-order chi connectivity index (χ1) is 13.3. The Labute approximate surface area is 166 Å². The van der Waals surface area contributed by atoms with Crippen molar-refractivity contribution >= 4 is 38.6 Å². The number of carbonyl (C=O) groups excluding carboxylic acids is 1. The van der Waals surface area contributed by atoms with Crippen LogP contribution in [-0.4, -0.2) is 36.3 Å². The lowest BCUT2D eigenvalue weighted by atomic mass is 9.76. The fraction of sp³-hybridized carbons (Fsp3) is 0.444. The van der Waals surface area contributed by atoms with Crippen molar-refractivity contribution in [3.05, 3.63) is 40.0 Å². The number of rotatable bonds is 3. The highest BCUT2D eigenvalue weighted by Crippen LogP contribution is 2.39. The number of amides is 1. The van der Waals surface area contributed by atoms with Gasteiger partial charge in [0.1, 0.15) is 4.90 Å². The van der Waals surface area contributed by atoms with Crippen LogP contribution in [-0.2, 0) is 21.4 Å². The van der Waals surface area contributed by atoms with E-state index in [0.29, 0.717) is 37.9 Å². The molecule has 28 heavy (non-hydrogen) atoms. The van der Waals surface area contributed by atoms with Crippen LogP contribution in [0.4, 0.5) is 0 Å². The quantitative estimate of drug-likeness (QED) is 0.811. The summed E-state index contributed by atoms with van der Waals surface area (Å²) in [7, 11) is -3.97. The molecule has 0 aliphatic carbocycles. The highest BCUT2D eigenvalue weighted by Gasteiger charge is 2.45. The fourth-order valence-electron chi connectivity index (χ4n) is 4.01. The van der Waals surface area contributed by atoms with Crippen molar-refractivity contribution in [3.8, 4) is 0 Å². The summed E-state index contributed by atoms with van der Waals surface area (Å²) in [5.74, 6) is -0.729. The van der Waals surface area contributed by atoms with E-state index >= 15 is 0 Å². The van der Waals surface area contributed by atoms with Crippen LogP contribution in [0.2, 0.25) is 5.02 Å². The largest absolute Gasteiger partial charge is 0.419 e. The van der Waals surface area contributed by atoms with Crippen molar-refractivity contribution in [3.63, 3.8) is 0 Å². The smallest absolute Gasteiger partial charge is 0.408 e. The molecule has 1 saturated heterocycles. The molecule has 2 aliphatic rings. The maximum atomic E-state index is 13.3. The summed E-state index contributed by atoms with van der Waals surface area (Å²) in [6.07, 6.45) is 5.12. The zero-order valence-corrected chi connectivity index (χ0v) is 16.8. The first kappa shape index (κ1) is 19.2. The highest BCUT2D eigenvalue weighted by atomic mass is 35.5. The Morgan fingerprint density at radius 1 is 1.32 bits per heavy atom. The van der Waals surface area contributed by atoms with Gasteiger partial charge < -0.3 is 9.73 Å². The summed E-state index contributed by atoms with van der Waals surface area (Å²) in [5.41, 5.74) is -0.155. The van der Waals surface area contributed by atoms with Crippen LogP contribution in [0.3, 0.4) is 0 Å². The Morgan fingerprint density at radius 3 is 2.82 bits per heavy atom. The Balaban J connectivity index is 1.76. The molecule has 4 rings (SSSR count). The van der Waals surface area contributed by atoms with Crippen LogP contribution in [0.15, 0.2) is 38.5 Å². The second kappa shape index (κ2) is 6.75. The van der Waals surface area contributed by atoms with Crippen LogP contribution < -0.4 is 11.1 Å². The highest BCUT2D eigenvalue weighted by molar-refractivity contribution is 7.89. The minimum Gasteiger partial charge on any atom is -0.408 e. The molecule has 0 saturated carbocycles. The lowest BCUT2D eigenvalue weighted by Crippen LogP contribution is -2.53. The Morgan fingerprint density at radius 2 is 2.11 bits per heavy atom. The number of piperidine rings is 1. The predicted octanol–water partition coefficient (Wildman–Crippen LogP) is 2.07. The molecule has 1 aromatic heterocycles. The second-order valence-electron chi connectivity index (χ2n) is 7.17. The molecule has 2 aromatic rings. The van der Waals surface area contributed by atoms with Gasteiger partial charge in [0.2, 0.25) is 15.9 Å². The van der Waals surface area contributed by atoms with Crippen molar-refractivity contribution < 1.29 is 17.6 Å². The summed E-state index contributed by atoms with van der Waals surface area (Å²) in [5, 5.41) is 2.70. The van der Waals surface area contributed by atoms with Gasteiger partial charge in [-0.3, -0.25) is 9.36 Å². The van der Waals surface area contributed by atoms with Crippen LogP contribution in [0.1, 0.15) is 26.2 Å². The maximum absolute atomic E-state index is 13.3. The first-order valence-corrected chi connectivity index (χ1v) is 10.9. The molecule has 0 radical (unpaired) electrons. The predicted molar refractivity (Wildman–Crippen MR) is 103 cm³/mol. The average molecular weight is 426 g/mol. The number of aryl methyl sites for hydroxylation is 1. The number of carbonyl (C=O) groups is 1. The van der Waals surface area contributed by atoms with Crippen molar-refractivity contribution in [2.45, 2.75) is 37.6 Å². The average Bonchev–Trinajstić information content (AvgIpc) is 2.97. The van der Waals surface area contributed by atoms with Crippen LogP contribution in [0, 0.1) is 5.41 Å². The van der Waals surface area contributed by atoms with Crippen molar-refractivity contribution in [1.82, 2.24) is 14.2 Å². The zero-order valence-electron chi connectivity index (χ0n) is 15.3. The number of allylic oxidation sites excluding steroid dienone is 1. The summed E-state index contributed by atoms with van der Waals surface area (Å²) >= 11 is 6.30. The molecule has 1 aromatic carbocycles. The molecule has 1 N–H and O–H groups in total. The molecule has 1 spiro atoms. The number of hydrogen-bond acceptors (Lipinski definition) is 5. The monoisotopic (exact) mass is 425 g/mol. The molecular weight excluding hydrogens is 406 g/mol. The molecule has 1 fully saturated rings. The van der Waals surface area contributed by atoms with Crippen LogP contribution >= 0.6 is 11.6 Å². The summed E-state index contributed by atoms with van der Waals surface area (Å²) in [6, 6.07) is 2.73. The van der Waals surface area contributed by atoms with E-state index in [9.17, 15) is 18.0 Å². The third kappa shape index (κ3) is 2.89. The van der Waals surface area contributed by atoms with Gasteiger partial charge in [0.15, 0.2) is 5.58 Å². The third-order valence-electron chi connectivity index (χ3n) is 5.52. The Kier molecular flexibility index (Phi) is 4.64. The number of hydrogen-bond donors (Lipinski definition) is 1. The minimum atomic E-state index is -3.97. The summed E-state index contributed by atoms with van der Waals surface area (Å²) in [4.78, 5) is 24.2. The number of oxazole rings is 1. The van der Waals surface area contributed by atoms with E-state index in [1.165, 1.54) is 21.0 Å². The molecular formula is C18H20ClN3O5S. The van der Waals surface area contributed by atoms with Crippen molar-refractivity contribution in [1.29, 1.82) is 0 Å². The van der Waals surface area contributed by atoms with Gasteiger partial charge in [0.25, 0.3) is 0 Å². The number of aromatic nitrogens is 1. The lowest BCUT2D eigenvalue weighted by molar-refractivity contribution is -0.132. The van der Waals surface area contributed by atoms with Gasteiger partial charge >= 0.3 is 5.76 Å². The number of nitrogens with zero attached hydrogens (tertiary/aromatic N) is 2. The van der Waals surface area contributed by atoms with E-state index in [0.717, 1.165) is 0 Å². The van der Waals surface area contributed by atoms with Crippen LogP contribution in [0.5, 0.6) is 0 Å². The fourth-order valence-corrected chi connectivity index (χ4v) is 6.09. The SMILES string of the molecule is CCn1c(=O)oc2cc(S(=O)(=O)N3CCC[C@@]4(CC=CNC4=O)C3)c(Cl)cc21. The van der Waals surface area contributed by atoms with Crippen molar-refractivity contribution in [2.75, 3.05) is 13.1 Å². The molecule has 1 amide bonds. The van der Waals surface area contributed by atoms with Gasteiger partial charge in [0.05, 0.1) is 16.0 Å². The molecule has 8 nitrogen and oxygen atoms in total. The van der Waals surface area contributed by atoms with Gasteiger partial charge in [-0.15, -0.1) is 0 Å². The molecule has 0 bridgehead atoms. The molecule has 10 heteroatoms. The van der Waals surface area contributed by atoms with E-state index in [2.05, 4.69) is 5.32 Å². The van der Waals surface area contributed by atoms with E-state index < -0.39 is 21.2 Å². The van der Waals surface area contributed by atoms with Gasteiger partial charge in [-0.1, -0.05) is 17.7 Å². The number of sulfonamides is 1. The number of fused-ring (bicyclic) bond motifs is 1. The van der Waals surface area contributed by atoms with Crippen LogP contribution in [0.25, 0.3) is 11.1 Å². The minimum absolute atomic E-state index is 0.0168.